The molecule has 0 spiro atoms. The highest BCUT2D eigenvalue weighted by Crippen LogP contribution is 2.36. The van der Waals surface area contributed by atoms with E-state index in [0.717, 1.165) is 0 Å². The second-order valence-corrected chi connectivity index (χ2v) is 5.06. The topological polar surface area (TPSA) is 146 Å². The number of hydrogen-bond acceptors (Lipinski definition) is 9. The number of phenols is 2. The first-order valence-corrected chi connectivity index (χ1v) is 6.82. The van der Waals surface area contributed by atoms with Crippen LogP contribution in [-0.2, 0) is 14.3 Å². The molecule has 0 radical (unpaired) electrons. The number of aliphatic hydroxyl groups excluding tert-OH is 3. The lowest BCUT2D eigenvalue weighted by molar-refractivity contribution is -0.278. The Labute approximate surface area is 131 Å². The predicted octanol–water partition coefficient (Wildman–Crippen LogP) is -1.15. The molecule has 9 nitrogen and oxygen atoms in total. The van der Waals surface area contributed by atoms with Crippen molar-refractivity contribution < 1.29 is 44.5 Å². The summed E-state index contributed by atoms with van der Waals surface area (Å²) in [4.78, 5) is 10.8. The molecule has 2 rings (SSSR count). The van der Waals surface area contributed by atoms with Crippen molar-refractivity contribution in [3.63, 3.8) is 0 Å². The number of para-hydroxylation sites is 1. The van der Waals surface area contributed by atoms with Gasteiger partial charge in [-0.05, 0) is 12.1 Å². The fourth-order valence-electron chi connectivity index (χ4n) is 2.08. The zero-order chi connectivity index (χ0) is 17.1. The largest absolute Gasteiger partial charge is 0.504 e. The Morgan fingerprint density at radius 1 is 1.17 bits per heavy atom. The van der Waals surface area contributed by atoms with Gasteiger partial charge < -0.3 is 39.7 Å². The smallest absolute Gasteiger partial charge is 0.302 e. The molecule has 128 valence electrons. The van der Waals surface area contributed by atoms with Crippen LogP contribution in [0.2, 0.25) is 0 Å². The van der Waals surface area contributed by atoms with Gasteiger partial charge in [0.1, 0.15) is 31.0 Å². The van der Waals surface area contributed by atoms with Crippen molar-refractivity contribution in [2.24, 2.45) is 0 Å². The van der Waals surface area contributed by atoms with E-state index in [0.29, 0.717) is 0 Å². The lowest BCUT2D eigenvalue weighted by atomic mass is 9.99. The Morgan fingerprint density at radius 2 is 1.87 bits per heavy atom. The number of ether oxygens (including phenoxy) is 3. The molecular formula is C14H18O9. The Hall–Kier alpha value is -2.07. The van der Waals surface area contributed by atoms with E-state index in [4.69, 9.17) is 14.2 Å². The number of hydrogen-bond donors (Lipinski definition) is 5. The van der Waals surface area contributed by atoms with Gasteiger partial charge >= 0.3 is 5.97 Å². The van der Waals surface area contributed by atoms with Crippen LogP contribution in [0.5, 0.6) is 17.2 Å². The second kappa shape index (κ2) is 7.01. The van der Waals surface area contributed by atoms with E-state index in [2.05, 4.69) is 0 Å². The molecule has 1 saturated heterocycles. The SMILES string of the molecule is CC(=O)OC[C@H]1O[C@@H](Oc2cccc(O)c2O)[C@H](O)[C@@H](O)[C@H]1O. The molecule has 0 aliphatic carbocycles. The van der Waals surface area contributed by atoms with Crippen molar-refractivity contribution in [1.82, 2.24) is 0 Å². The van der Waals surface area contributed by atoms with E-state index < -0.39 is 48.2 Å². The third-order valence-corrected chi connectivity index (χ3v) is 3.34. The van der Waals surface area contributed by atoms with Crippen LogP contribution < -0.4 is 4.74 Å². The standard InChI is InChI=1S/C14H18O9/c1-6(15)21-5-9-11(18)12(19)13(20)14(23-9)22-8-4-2-3-7(16)10(8)17/h2-4,9,11-14,16-20H,5H2,1H3/t9-,11+,12+,13-,14-/m1/s1. The number of esters is 1. The van der Waals surface area contributed by atoms with E-state index >= 15 is 0 Å². The first-order valence-electron chi connectivity index (χ1n) is 6.82. The van der Waals surface area contributed by atoms with Crippen LogP contribution in [0, 0.1) is 0 Å². The molecule has 23 heavy (non-hydrogen) atoms. The Morgan fingerprint density at radius 3 is 2.52 bits per heavy atom. The average Bonchev–Trinajstić information content (AvgIpc) is 2.50. The summed E-state index contributed by atoms with van der Waals surface area (Å²) in [5.41, 5.74) is 0. The quantitative estimate of drug-likeness (QED) is 0.341. The van der Waals surface area contributed by atoms with E-state index in [1.165, 1.54) is 25.1 Å². The van der Waals surface area contributed by atoms with Crippen LogP contribution in [0.3, 0.4) is 0 Å². The summed E-state index contributed by atoms with van der Waals surface area (Å²) >= 11 is 0. The third kappa shape index (κ3) is 3.82. The Balaban J connectivity index is 2.13. The van der Waals surface area contributed by atoms with Gasteiger partial charge in [-0.25, -0.2) is 0 Å². The van der Waals surface area contributed by atoms with E-state index in [1.807, 2.05) is 0 Å². The molecule has 0 aromatic heterocycles. The molecule has 5 atom stereocenters. The number of rotatable bonds is 4. The zero-order valence-electron chi connectivity index (χ0n) is 12.2. The van der Waals surface area contributed by atoms with Crippen molar-refractivity contribution in [2.75, 3.05) is 6.61 Å². The highest BCUT2D eigenvalue weighted by Gasteiger charge is 2.45. The maximum atomic E-state index is 10.8. The summed E-state index contributed by atoms with van der Waals surface area (Å²) in [5, 5.41) is 48.7. The van der Waals surface area contributed by atoms with Crippen LogP contribution >= 0.6 is 0 Å². The normalized spacial score (nSPS) is 30.7. The van der Waals surface area contributed by atoms with Gasteiger partial charge in [0.15, 0.2) is 11.5 Å². The average molecular weight is 330 g/mol. The highest BCUT2D eigenvalue weighted by molar-refractivity contribution is 5.65. The zero-order valence-corrected chi connectivity index (χ0v) is 12.2. The first kappa shape index (κ1) is 17.3. The van der Waals surface area contributed by atoms with Crippen LogP contribution in [0.1, 0.15) is 6.92 Å². The Bertz CT molecular complexity index is 561. The molecule has 1 aromatic carbocycles. The number of carbonyl (C=O) groups is 1. The van der Waals surface area contributed by atoms with Crippen molar-refractivity contribution in [3.05, 3.63) is 18.2 Å². The predicted molar refractivity (Wildman–Crippen MR) is 73.7 cm³/mol. The molecule has 1 fully saturated rings. The summed E-state index contributed by atoms with van der Waals surface area (Å²) < 4.78 is 15.2. The summed E-state index contributed by atoms with van der Waals surface area (Å²) in [7, 11) is 0. The third-order valence-electron chi connectivity index (χ3n) is 3.34. The lowest BCUT2D eigenvalue weighted by Crippen LogP contribution is -2.60. The number of phenolic OH excluding ortho intramolecular Hbond substituents is 2. The van der Waals surface area contributed by atoms with Gasteiger partial charge in [-0.15, -0.1) is 0 Å². The molecule has 0 bridgehead atoms. The van der Waals surface area contributed by atoms with E-state index in [1.54, 1.807) is 0 Å². The molecule has 0 amide bonds. The fourth-order valence-corrected chi connectivity index (χ4v) is 2.08. The highest BCUT2D eigenvalue weighted by atomic mass is 16.7. The molecule has 0 saturated carbocycles. The minimum Gasteiger partial charge on any atom is -0.504 e. The number of aliphatic hydroxyl groups is 3. The van der Waals surface area contributed by atoms with Crippen molar-refractivity contribution in [1.29, 1.82) is 0 Å². The van der Waals surface area contributed by atoms with Crippen LogP contribution in [0.25, 0.3) is 0 Å². The maximum absolute atomic E-state index is 10.8. The number of carbonyl (C=O) groups excluding carboxylic acids is 1. The van der Waals surface area contributed by atoms with Crippen molar-refractivity contribution in [2.45, 2.75) is 37.6 Å². The lowest BCUT2D eigenvalue weighted by Gasteiger charge is -2.39. The van der Waals surface area contributed by atoms with Crippen LogP contribution in [-0.4, -0.2) is 68.8 Å². The van der Waals surface area contributed by atoms with Gasteiger partial charge in [0.2, 0.25) is 12.0 Å². The molecule has 1 aliphatic rings. The minimum absolute atomic E-state index is 0.191. The van der Waals surface area contributed by atoms with Crippen molar-refractivity contribution in [3.8, 4) is 17.2 Å². The molecule has 9 heteroatoms. The monoisotopic (exact) mass is 330 g/mol. The van der Waals surface area contributed by atoms with Crippen LogP contribution in [0.15, 0.2) is 18.2 Å². The second-order valence-electron chi connectivity index (χ2n) is 5.06. The summed E-state index contributed by atoms with van der Waals surface area (Å²) in [6, 6.07) is 3.92. The minimum atomic E-state index is -1.62. The van der Waals surface area contributed by atoms with Gasteiger partial charge in [0.25, 0.3) is 0 Å². The maximum Gasteiger partial charge on any atom is 0.302 e. The number of aromatic hydroxyl groups is 2. The summed E-state index contributed by atoms with van der Waals surface area (Å²) in [6.45, 7) is 0.811. The van der Waals surface area contributed by atoms with Crippen LogP contribution in [0.4, 0.5) is 0 Å². The van der Waals surface area contributed by atoms with Crippen molar-refractivity contribution >= 4 is 5.97 Å². The molecular weight excluding hydrogens is 312 g/mol. The summed E-state index contributed by atoms with van der Waals surface area (Å²) in [5.74, 6) is -1.81. The Kier molecular flexibility index (Phi) is 5.26. The van der Waals surface area contributed by atoms with Gasteiger partial charge in [-0.2, -0.15) is 0 Å². The van der Waals surface area contributed by atoms with E-state index in [-0.39, 0.29) is 12.4 Å². The molecule has 1 heterocycles. The van der Waals surface area contributed by atoms with Gasteiger partial charge in [-0.1, -0.05) is 6.07 Å². The molecule has 5 N–H and O–H groups in total. The van der Waals surface area contributed by atoms with Gasteiger partial charge in [0.05, 0.1) is 0 Å². The van der Waals surface area contributed by atoms with E-state index in [9.17, 15) is 30.3 Å². The molecule has 1 aliphatic heterocycles. The molecule has 0 unspecified atom stereocenters. The fraction of sp³-hybridized carbons (Fsp3) is 0.500. The van der Waals surface area contributed by atoms with Gasteiger partial charge in [0, 0.05) is 6.92 Å². The first-order chi connectivity index (χ1) is 10.8. The van der Waals surface area contributed by atoms with Gasteiger partial charge in [-0.3, -0.25) is 4.79 Å². The summed E-state index contributed by atoms with van der Waals surface area (Å²) in [6.07, 6.45) is -7.33. The molecule has 1 aromatic rings. The number of benzene rings is 1.